The Balaban J connectivity index is 0.000000428. The van der Waals surface area contributed by atoms with Crippen molar-refractivity contribution in [3.63, 3.8) is 0 Å². The minimum absolute atomic E-state index is 0.178. The number of ketones is 1. The quantitative estimate of drug-likeness (QED) is 0.817. The van der Waals surface area contributed by atoms with Crippen LogP contribution in [0.4, 0.5) is 0 Å². The van der Waals surface area contributed by atoms with Crippen LogP contribution >= 0.6 is 0 Å². The Hall–Kier alpha value is -3.44. The fourth-order valence-electron chi connectivity index (χ4n) is 2.42. The highest BCUT2D eigenvalue weighted by molar-refractivity contribution is 6.00. The number of nitrogens with zero attached hydrogens (tertiary/aromatic N) is 1. The van der Waals surface area contributed by atoms with Crippen molar-refractivity contribution in [3.8, 4) is 5.88 Å². The molecule has 29 heavy (non-hydrogen) atoms. The lowest BCUT2D eigenvalue weighted by Crippen LogP contribution is -2.03. The molecular formula is C21H23NO7. The maximum Gasteiger partial charge on any atom is 0.373 e. The second-order valence-corrected chi connectivity index (χ2v) is 5.65. The number of hydrogen-bond donors (Lipinski definition) is 1. The zero-order valence-corrected chi connectivity index (χ0v) is 16.3. The molecule has 8 heteroatoms. The zero-order valence-electron chi connectivity index (χ0n) is 16.3. The maximum absolute atomic E-state index is 11.1. The van der Waals surface area contributed by atoms with Crippen molar-refractivity contribution in [2.24, 2.45) is 0 Å². The monoisotopic (exact) mass is 401 g/mol. The zero-order chi connectivity index (χ0) is 22.2. The first-order valence-corrected chi connectivity index (χ1v) is 8.76. The average Bonchev–Trinajstić information content (AvgIpc) is 3.10. The number of Topliss-reactive ketones (excluding diaryl/α,β-unsaturated/α-hetero) is 1. The first-order chi connectivity index (χ1) is 13.9. The smallest absolute Gasteiger partial charge is 0.373 e. The Morgan fingerprint density at radius 1 is 1.24 bits per heavy atom. The van der Waals surface area contributed by atoms with Crippen molar-refractivity contribution >= 4 is 18.1 Å². The van der Waals surface area contributed by atoms with Crippen molar-refractivity contribution in [3.05, 3.63) is 59.3 Å². The third-order valence-corrected chi connectivity index (χ3v) is 3.92. The number of allylic oxidation sites excluding steroid dienone is 5. The Labute approximate surface area is 168 Å². The predicted octanol–water partition coefficient (Wildman–Crippen LogP) is 2.31. The number of aryl methyl sites for hydroxylation is 1. The summed E-state index contributed by atoms with van der Waals surface area (Å²) in [4.78, 5) is 47.7. The molecule has 0 amide bonds. The van der Waals surface area contributed by atoms with Gasteiger partial charge in [-0.3, -0.25) is 4.79 Å². The van der Waals surface area contributed by atoms with Crippen molar-refractivity contribution in [1.82, 2.24) is 4.98 Å². The van der Waals surface area contributed by atoms with Gasteiger partial charge in [0.15, 0.2) is 5.78 Å². The van der Waals surface area contributed by atoms with Crippen LogP contribution in [0, 0.1) is 0 Å². The summed E-state index contributed by atoms with van der Waals surface area (Å²) in [6.07, 6.45) is 9.80. The highest BCUT2D eigenvalue weighted by Crippen LogP contribution is 2.30. The Bertz CT molecular complexity index is 815. The molecule has 2 heterocycles. The van der Waals surface area contributed by atoms with Crippen LogP contribution in [0.2, 0.25) is 0 Å². The number of aliphatic hydroxyl groups is 1. The van der Waals surface area contributed by atoms with Crippen molar-refractivity contribution < 1.29 is 33.8 Å². The summed E-state index contributed by atoms with van der Waals surface area (Å²) < 4.78 is 5.15. The molecule has 0 aromatic carbocycles. The van der Waals surface area contributed by atoms with Crippen molar-refractivity contribution in [1.29, 1.82) is 0 Å². The van der Waals surface area contributed by atoms with Gasteiger partial charge in [0.2, 0.25) is 5.88 Å². The number of fused-ring (bicyclic) bond motifs is 1. The molecule has 0 spiro atoms. The first-order valence-electron chi connectivity index (χ1n) is 8.76. The molecule has 3 rings (SSSR count). The second kappa shape index (κ2) is 14.6. The van der Waals surface area contributed by atoms with E-state index >= 15 is 0 Å². The average molecular weight is 401 g/mol. The normalized spacial score (nSPS) is 15.6. The van der Waals surface area contributed by atoms with Gasteiger partial charge in [-0.1, -0.05) is 38.2 Å². The number of rotatable bonds is 3. The molecule has 0 saturated heterocycles. The van der Waals surface area contributed by atoms with E-state index < -0.39 is 6.10 Å². The van der Waals surface area contributed by atoms with Gasteiger partial charge in [0.1, 0.15) is 12.7 Å². The SMILES string of the molecule is C=CC1=CC(CC)=CCC1=O.CCc1cnc2c(c1)C(O)CO2.O=C=O.O=C=O. The number of aromatic nitrogens is 1. The fourth-order valence-corrected chi connectivity index (χ4v) is 2.42. The van der Waals surface area contributed by atoms with Crippen LogP contribution in [0.5, 0.6) is 5.88 Å². The Kier molecular flexibility index (Phi) is 12.9. The van der Waals surface area contributed by atoms with Gasteiger partial charge in [0.05, 0.1) is 0 Å². The van der Waals surface area contributed by atoms with Gasteiger partial charge >= 0.3 is 12.3 Å². The van der Waals surface area contributed by atoms with E-state index in [-0.39, 0.29) is 18.1 Å². The standard InChI is InChI=1S/C10H12O.C9H11NO2.2CO2/c1-3-8-5-6-10(11)9(4-2)7-8;1-2-6-3-7-8(11)5-12-9(7)10-4-6;2*2-1-3/h4-5,7H,2-3,6H2,1H3;3-4,8,11H,2,5H2,1H3;;. The molecular weight excluding hydrogens is 378 g/mol. The highest BCUT2D eigenvalue weighted by atomic mass is 16.5. The van der Waals surface area contributed by atoms with Crippen LogP contribution in [0.1, 0.15) is 43.9 Å². The van der Waals surface area contributed by atoms with Crippen molar-refractivity contribution in [2.45, 2.75) is 39.2 Å². The minimum atomic E-state index is -0.487. The molecule has 1 aromatic rings. The van der Waals surface area contributed by atoms with Crippen LogP contribution in [-0.2, 0) is 30.4 Å². The molecule has 154 valence electrons. The molecule has 1 aromatic heterocycles. The molecule has 0 radical (unpaired) electrons. The van der Waals surface area contributed by atoms with Gasteiger partial charge in [0.25, 0.3) is 0 Å². The van der Waals surface area contributed by atoms with Gasteiger partial charge in [0, 0.05) is 23.8 Å². The van der Waals surface area contributed by atoms with E-state index in [0.717, 1.165) is 29.5 Å². The molecule has 1 aliphatic carbocycles. The van der Waals surface area contributed by atoms with Crippen LogP contribution in [0.3, 0.4) is 0 Å². The predicted molar refractivity (Wildman–Crippen MR) is 100 cm³/mol. The van der Waals surface area contributed by atoms with E-state index in [9.17, 15) is 9.90 Å². The lowest BCUT2D eigenvalue weighted by atomic mass is 9.97. The summed E-state index contributed by atoms with van der Waals surface area (Å²) in [5, 5.41) is 9.44. The van der Waals surface area contributed by atoms with Gasteiger partial charge < -0.3 is 9.84 Å². The maximum atomic E-state index is 11.1. The number of hydrogen-bond acceptors (Lipinski definition) is 8. The van der Waals surface area contributed by atoms with Crippen LogP contribution in [0.25, 0.3) is 0 Å². The summed E-state index contributed by atoms with van der Waals surface area (Å²) in [7, 11) is 0. The molecule has 8 nitrogen and oxygen atoms in total. The number of aliphatic hydroxyl groups excluding tert-OH is 1. The molecule has 1 N–H and O–H groups in total. The van der Waals surface area contributed by atoms with E-state index in [2.05, 4.69) is 25.4 Å². The third-order valence-electron chi connectivity index (χ3n) is 3.92. The minimum Gasteiger partial charge on any atom is -0.474 e. The molecule has 1 aliphatic heterocycles. The molecule has 0 fully saturated rings. The van der Waals surface area contributed by atoms with E-state index in [1.54, 1.807) is 12.3 Å². The highest BCUT2D eigenvalue weighted by Gasteiger charge is 2.22. The van der Waals surface area contributed by atoms with Gasteiger partial charge in [-0.25, -0.2) is 4.98 Å². The topological polar surface area (TPSA) is 128 Å². The third kappa shape index (κ3) is 8.86. The lowest BCUT2D eigenvalue weighted by molar-refractivity contribution is -0.193. The van der Waals surface area contributed by atoms with Crippen LogP contribution < -0.4 is 4.74 Å². The van der Waals surface area contributed by atoms with E-state index in [1.807, 2.05) is 18.2 Å². The van der Waals surface area contributed by atoms with Gasteiger partial charge in [-0.05, 0) is 30.5 Å². The van der Waals surface area contributed by atoms with Crippen molar-refractivity contribution in [2.75, 3.05) is 6.61 Å². The van der Waals surface area contributed by atoms with Gasteiger partial charge in [-0.2, -0.15) is 19.2 Å². The van der Waals surface area contributed by atoms with E-state index in [1.165, 1.54) is 5.57 Å². The van der Waals surface area contributed by atoms with Crippen LogP contribution in [0.15, 0.2) is 48.2 Å². The molecule has 2 aliphatic rings. The summed E-state index contributed by atoms with van der Waals surface area (Å²) in [5.41, 5.74) is 3.96. The number of ether oxygens (including phenoxy) is 1. The number of carbonyl (C=O) groups excluding carboxylic acids is 5. The summed E-state index contributed by atoms with van der Waals surface area (Å²) in [5.74, 6) is 0.761. The molecule has 0 saturated carbocycles. The summed E-state index contributed by atoms with van der Waals surface area (Å²) in [6, 6.07) is 1.96. The van der Waals surface area contributed by atoms with E-state index in [4.69, 9.17) is 23.9 Å². The summed E-state index contributed by atoms with van der Waals surface area (Å²) in [6.45, 7) is 8.07. The Morgan fingerprint density at radius 2 is 1.86 bits per heavy atom. The number of pyridine rings is 1. The largest absolute Gasteiger partial charge is 0.474 e. The van der Waals surface area contributed by atoms with Gasteiger partial charge in [-0.15, -0.1) is 0 Å². The fraction of sp³-hybridized carbons (Fsp3) is 0.333. The number of carbonyl (C=O) groups is 1. The molecule has 0 bridgehead atoms. The summed E-state index contributed by atoms with van der Waals surface area (Å²) >= 11 is 0. The Morgan fingerprint density at radius 3 is 2.38 bits per heavy atom. The van der Waals surface area contributed by atoms with E-state index in [0.29, 0.717) is 18.9 Å². The molecule has 1 atom stereocenters. The second-order valence-electron chi connectivity index (χ2n) is 5.65. The lowest BCUT2D eigenvalue weighted by Gasteiger charge is -2.07. The van der Waals surface area contributed by atoms with Crippen LogP contribution in [-0.4, -0.2) is 34.8 Å². The first kappa shape index (κ1) is 25.6. The molecule has 1 unspecified atom stereocenters.